The van der Waals surface area contributed by atoms with Crippen molar-refractivity contribution in [3.05, 3.63) is 11.1 Å². The van der Waals surface area contributed by atoms with E-state index in [9.17, 15) is 0 Å². The summed E-state index contributed by atoms with van der Waals surface area (Å²) in [4.78, 5) is 5.31. The number of rotatable bonds is 3. The van der Waals surface area contributed by atoms with E-state index in [0.29, 0.717) is 10.7 Å². The number of halogens is 1. The highest BCUT2D eigenvalue weighted by atomic mass is 35.5. The second kappa shape index (κ2) is 6.03. The molecule has 0 atom stereocenters. The number of hydrogen-bond acceptors (Lipinski definition) is 4. The minimum absolute atomic E-state index is 0. The van der Waals surface area contributed by atoms with Gasteiger partial charge in [0.2, 0.25) is 0 Å². The fourth-order valence-electron chi connectivity index (χ4n) is 2.28. The minimum atomic E-state index is 0. The van der Waals surface area contributed by atoms with Crippen LogP contribution in [-0.4, -0.2) is 10.5 Å². The van der Waals surface area contributed by atoms with E-state index in [4.69, 9.17) is 5.73 Å². The molecule has 1 aliphatic carbocycles. The van der Waals surface area contributed by atoms with E-state index in [1.54, 1.807) is 11.3 Å². The third-order valence-electron chi connectivity index (χ3n) is 3.64. The quantitative estimate of drug-likeness (QED) is 0.891. The summed E-state index contributed by atoms with van der Waals surface area (Å²) < 4.78 is 0. The molecule has 0 aromatic carbocycles. The normalized spacial score (nSPS) is 28.7. The number of nitrogens with zero attached hydrogens (tertiary/aromatic N) is 1. The second-order valence-corrected chi connectivity index (χ2v) is 6.41. The van der Waals surface area contributed by atoms with Crippen molar-refractivity contribution < 1.29 is 0 Å². The van der Waals surface area contributed by atoms with E-state index in [0.717, 1.165) is 12.5 Å². The van der Waals surface area contributed by atoms with E-state index in [2.05, 4.69) is 24.1 Å². The molecule has 0 unspecified atom stereocenters. The maximum atomic E-state index is 5.62. The molecule has 1 aromatic heterocycles. The Morgan fingerprint density at radius 2 is 2.18 bits per heavy atom. The lowest BCUT2D eigenvalue weighted by Gasteiger charge is -2.37. The van der Waals surface area contributed by atoms with Gasteiger partial charge in [0.25, 0.3) is 0 Å². The third kappa shape index (κ3) is 4.12. The molecule has 5 heteroatoms. The summed E-state index contributed by atoms with van der Waals surface area (Å²) in [6, 6.07) is 0. The van der Waals surface area contributed by atoms with E-state index < -0.39 is 0 Å². The fraction of sp³-hybridized carbons (Fsp3) is 0.750. The number of aromatic nitrogens is 1. The smallest absolute Gasteiger partial charge is 0.180 e. The molecular weight excluding hydrogens is 254 g/mol. The van der Waals surface area contributed by atoms with Crippen LogP contribution in [0.2, 0.25) is 0 Å². The Kier molecular flexibility index (Phi) is 5.22. The monoisotopic (exact) mass is 275 g/mol. The van der Waals surface area contributed by atoms with Gasteiger partial charge in [0.05, 0.1) is 0 Å². The molecule has 0 spiro atoms. The molecule has 0 amide bonds. The van der Waals surface area contributed by atoms with Gasteiger partial charge in [0.15, 0.2) is 5.13 Å². The van der Waals surface area contributed by atoms with Crippen LogP contribution in [0.25, 0.3) is 0 Å². The molecule has 0 aliphatic heterocycles. The van der Waals surface area contributed by atoms with Gasteiger partial charge in [-0.1, -0.05) is 6.92 Å². The van der Waals surface area contributed by atoms with Crippen LogP contribution < -0.4 is 11.1 Å². The Morgan fingerprint density at radius 1 is 1.53 bits per heavy atom. The van der Waals surface area contributed by atoms with Gasteiger partial charge in [-0.15, -0.1) is 23.7 Å². The van der Waals surface area contributed by atoms with Gasteiger partial charge in [-0.25, -0.2) is 4.98 Å². The SMILES string of the molecule is CC1CCC(C)(NCc2cnc(N)s2)CC1.Cl. The predicted molar refractivity (Wildman–Crippen MR) is 76.7 cm³/mol. The van der Waals surface area contributed by atoms with Crippen LogP contribution >= 0.6 is 23.7 Å². The van der Waals surface area contributed by atoms with Crippen molar-refractivity contribution in [1.29, 1.82) is 0 Å². The largest absolute Gasteiger partial charge is 0.375 e. The topological polar surface area (TPSA) is 50.9 Å². The predicted octanol–water partition coefficient (Wildman–Crippen LogP) is 3.21. The summed E-state index contributed by atoms with van der Waals surface area (Å²) in [5, 5.41) is 4.33. The number of nitrogen functional groups attached to an aromatic ring is 1. The molecule has 0 bridgehead atoms. The summed E-state index contributed by atoms with van der Waals surface area (Å²) in [5.41, 5.74) is 5.93. The molecule has 1 fully saturated rings. The van der Waals surface area contributed by atoms with Gasteiger partial charge in [-0.05, 0) is 38.5 Å². The Morgan fingerprint density at radius 3 is 2.71 bits per heavy atom. The molecular formula is C12H22ClN3S. The lowest BCUT2D eigenvalue weighted by Crippen LogP contribution is -2.44. The molecule has 1 heterocycles. The molecule has 1 aromatic rings. The summed E-state index contributed by atoms with van der Waals surface area (Å²) in [6.45, 7) is 5.59. The standard InChI is InChI=1S/C12H21N3S.ClH/c1-9-3-5-12(2,6-4-9)15-8-10-7-14-11(13)16-10;/h7,9,15H,3-6,8H2,1-2H3,(H2,13,14);1H. The summed E-state index contributed by atoms with van der Waals surface area (Å²) in [5.74, 6) is 0.897. The van der Waals surface area contributed by atoms with Crippen LogP contribution in [0.4, 0.5) is 5.13 Å². The highest BCUT2D eigenvalue weighted by Gasteiger charge is 2.28. The molecule has 0 saturated heterocycles. The summed E-state index contributed by atoms with van der Waals surface area (Å²) >= 11 is 1.58. The molecule has 17 heavy (non-hydrogen) atoms. The van der Waals surface area contributed by atoms with Crippen LogP contribution in [0.3, 0.4) is 0 Å². The average Bonchev–Trinajstić information content (AvgIpc) is 2.67. The second-order valence-electron chi connectivity index (χ2n) is 5.26. The Balaban J connectivity index is 0.00000144. The lowest BCUT2D eigenvalue weighted by atomic mass is 9.78. The van der Waals surface area contributed by atoms with Crippen LogP contribution in [0.1, 0.15) is 44.4 Å². The van der Waals surface area contributed by atoms with Crippen LogP contribution in [0.15, 0.2) is 6.20 Å². The van der Waals surface area contributed by atoms with Crippen molar-refractivity contribution in [2.45, 2.75) is 51.6 Å². The van der Waals surface area contributed by atoms with Gasteiger partial charge in [-0.2, -0.15) is 0 Å². The molecule has 98 valence electrons. The van der Waals surface area contributed by atoms with Gasteiger partial charge in [0.1, 0.15) is 0 Å². The van der Waals surface area contributed by atoms with Crippen molar-refractivity contribution in [2.24, 2.45) is 5.92 Å². The minimum Gasteiger partial charge on any atom is -0.375 e. The summed E-state index contributed by atoms with van der Waals surface area (Å²) in [7, 11) is 0. The first-order valence-electron chi connectivity index (χ1n) is 6.03. The van der Waals surface area contributed by atoms with E-state index >= 15 is 0 Å². The van der Waals surface area contributed by atoms with Gasteiger partial charge in [-0.3, -0.25) is 0 Å². The van der Waals surface area contributed by atoms with Gasteiger partial charge in [0, 0.05) is 23.2 Å². The van der Waals surface area contributed by atoms with E-state index in [-0.39, 0.29) is 12.4 Å². The van der Waals surface area contributed by atoms with Gasteiger partial charge >= 0.3 is 0 Å². The van der Waals surface area contributed by atoms with Gasteiger partial charge < -0.3 is 11.1 Å². The number of hydrogen-bond donors (Lipinski definition) is 2. The Bertz CT molecular complexity index is 345. The molecule has 1 saturated carbocycles. The molecule has 1 aliphatic rings. The van der Waals surface area contributed by atoms with E-state index in [1.165, 1.54) is 30.6 Å². The fourth-order valence-corrected chi connectivity index (χ4v) is 2.90. The van der Waals surface area contributed by atoms with Crippen molar-refractivity contribution in [2.75, 3.05) is 5.73 Å². The Hall–Kier alpha value is -0.320. The van der Waals surface area contributed by atoms with Crippen LogP contribution in [0.5, 0.6) is 0 Å². The van der Waals surface area contributed by atoms with Crippen LogP contribution in [0, 0.1) is 5.92 Å². The number of nitrogens with one attached hydrogen (secondary N) is 1. The van der Waals surface area contributed by atoms with Crippen LogP contribution in [-0.2, 0) is 6.54 Å². The maximum absolute atomic E-state index is 5.62. The zero-order valence-electron chi connectivity index (χ0n) is 10.5. The maximum Gasteiger partial charge on any atom is 0.180 e. The number of anilines is 1. The zero-order valence-corrected chi connectivity index (χ0v) is 12.2. The first-order chi connectivity index (χ1) is 7.57. The van der Waals surface area contributed by atoms with Crippen molar-refractivity contribution in [3.63, 3.8) is 0 Å². The van der Waals surface area contributed by atoms with Crippen molar-refractivity contribution in [3.8, 4) is 0 Å². The lowest BCUT2D eigenvalue weighted by molar-refractivity contribution is 0.213. The molecule has 3 N–H and O–H groups in total. The summed E-state index contributed by atoms with van der Waals surface area (Å²) in [6.07, 6.45) is 7.12. The third-order valence-corrected chi connectivity index (χ3v) is 4.47. The highest BCUT2D eigenvalue weighted by molar-refractivity contribution is 7.15. The van der Waals surface area contributed by atoms with E-state index in [1.807, 2.05) is 6.20 Å². The Labute approximate surface area is 114 Å². The highest BCUT2D eigenvalue weighted by Crippen LogP contribution is 2.31. The molecule has 0 radical (unpaired) electrons. The average molecular weight is 276 g/mol. The van der Waals surface area contributed by atoms with Crippen molar-refractivity contribution >= 4 is 28.9 Å². The number of nitrogens with two attached hydrogens (primary N) is 1. The first kappa shape index (κ1) is 14.7. The number of thiazole rings is 1. The first-order valence-corrected chi connectivity index (χ1v) is 6.84. The molecule has 2 rings (SSSR count). The molecule has 3 nitrogen and oxygen atoms in total. The van der Waals surface area contributed by atoms with Crippen molar-refractivity contribution in [1.82, 2.24) is 10.3 Å². The zero-order chi connectivity index (χ0) is 11.6.